The Hall–Kier alpha value is -1.02. The second kappa shape index (κ2) is 1.77. The molecular formula is C9H8O2. The zero-order valence-electron chi connectivity index (χ0n) is 5.99. The van der Waals surface area contributed by atoms with Crippen LogP contribution >= 0.6 is 0 Å². The Balaban J connectivity index is 2.14. The highest BCUT2D eigenvalue weighted by molar-refractivity contribution is 5.39. The van der Waals surface area contributed by atoms with E-state index in [0.29, 0.717) is 12.2 Å². The van der Waals surface area contributed by atoms with Gasteiger partial charge in [-0.2, -0.15) is 0 Å². The van der Waals surface area contributed by atoms with E-state index in [-0.39, 0.29) is 0 Å². The first-order valence-corrected chi connectivity index (χ1v) is 3.82. The van der Waals surface area contributed by atoms with Gasteiger partial charge in [0.1, 0.15) is 24.6 Å². The summed E-state index contributed by atoms with van der Waals surface area (Å²) in [4.78, 5) is 0. The molecule has 0 bridgehead atoms. The molecule has 0 spiro atoms. The molecule has 2 unspecified atom stereocenters. The first-order valence-electron chi connectivity index (χ1n) is 3.82. The van der Waals surface area contributed by atoms with Crippen LogP contribution in [0.1, 0.15) is 11.7 Å². The molecule has 2 heterocycles. The van der Waals surface area contributed by atoms with Gasteiger partial charge >= 0.3 is 0 Å². The molecule has 0 aliphatic carbocycles. The fourth-order valence-electron chi connectivity index (χ4n) is 1.56. The van der Waals surface area contributed by atoms with E-state index in [9.17, 15) is 0 Å². The summed E-state index contributed by atoms with van der Waals surface area (Å²) in [5, 5.41) is 0. The van der Waals surface area contributed by atoms with Crippen molar-refractivity contribution in [3.05, 3.63) is 29.8 Å². The fraction of sp³-hybridized carbons (Fsp3) is 0.333. The molecule has 0 amide bonds. The predicted molar refractivity (Wildman–Crippen MR) is 39.6 cm³/mol. The van der Waals surface area contributed by atoms with Crippen molar-refractivity contribution in [3.8, 4) is 5.75 Å². The molecule has 0 saturated carbocycles. The Kier molecular flexibility index (Phi) is 0.902. The molecule has 11 heavy (non-hydrogen) atoms. The maximum absolute atomic E-state index is 5.45. The van der Waals surface area contributed by atoms with E-state index in [1.54, 1.807) is 0 Å². The quantitative estimate of drug-likeness (QED) is 0.520. The lowest BCUT2D eigenvalue weighted by Crippen LogP contribution is -2.11. The topological polar surface area (TPSA) is 21.8 Å². The Bertz CT molecular complexity index is 295. The van der Waals surface area contributed by atoms with Crippen LogP contribution in [0.2, 0.25) is 0 Å². The Morgan fingerprint density at radius 1 is 1.27 bits per heavy atom. The van der Waals surface area contributed by atoms with Crippen molar-refractivity contribution in [1.82, 2.24) is 0 Å². The molecule has 2 aliphatic rings. The second-order valence-electron chi connectivity index (χ2n) is 2.94. The number of rotatable bonds is 0. The Morgan fingerprint density at radius 2 is 2.18 bits per heavy atom. The minimum absolute atomic E-state index is 0.333. The first kappa shape index (κ1) is 5.61. The van der Waals surface area contributed by atoms with Gasteiger partial charge in [0.25, 0.3) is 0 Å². The molecule has 0 aromatic heterocycles. The van der Waals surface area contributed by atoms with Crippen molar-refractivity contribution in [2.75, 3.05) is 6.61 Å². The monoisotopic (exact) mass is 148 g/mol. The summed E-state index contributed by atoms with van der Waals surface area (Å²) in [5.74, 6) is 0.992. The average molecular weight is 148 g/mol. The van der Waals surface area contributed by atoms with Gasteiger partial charge in [0, 0.05) is 5.56 Å². The van der Waals surface area contributed by atoms with Crippen molar-refractivity contribution in [2.45, 2.75) is 12.2 Å². The van der Waals surface area contributed by atoms with E-state index < -0.39 is 0 Å². The molecule has 2 atom stereocenters. The highest BCUT2D eigenvalue weighted by Gasteiger charge is 2.45. The van der Waals surface area contributed by atoms with Gasteiger partial charge in [0.15, 0.2) is 0 Å². The zero-order chi connectivity index (χ0) is 7.26. The van der Waals surface area contributed by atoms with Gasteiger partial charge in [0.2, 0.25) is 0 Å². The van der Waals surface area contributed by atoms with E-state index in [4.69, 9.17) is 9.47 Å². The number of ether oxygens (including phenoxy) is 2. The normalized spacial score (nSPS) is 31.6. The third-order valence-corrected chi connectivity index (χ3v) is 2.21. The van der Waals surface area contributed by atoms with Gasteiger partial charge in [-0.1, -0.05) is 18.2 Å². The van der Waals surface area contributed by atoms with Crippen LogP contribution in [0.5, 0.6) is 5.75 Å². The molecule has 1 aromatic carbocycles. The summed E-state index contributed by atoms with van der Waals surface area (Å²) in [6.45, 7) is 0.724. The van der Waals surface area contributed by atoms with E-state index in [1.165, 1.54) is 5.56 Å². The number of epoxide rings is 1. The molecule has 3 rings (SSSR count). The molecule has 56 valence electrons. The van der Waals surface area contributed by atoms with Crippen molar-refractivity contribution in [3.63, 3.8) is 0 Å². The van der Waals surface area contributed by atoms with E-state index >= 15 is 0 Å². The Labute approximate surface area is 64.7 Å². The molecule has 2 heteroatoms. The first-order chi connectivity index (χ1) is 5.45. The van der Waals surface area contributed by atoms with E-state index in [1.807, 2.05) is 18.2 Å². The largest absolute Gasteiger partial charge is 0.490 e. The molecular weight excluding hydrogens is 140 g/mol. The lowest BCUT2D eigenvalue weighted by molar-refractivity contribution is 0.267. The molecule has 1 saturated heterocycles. The SMILES string of the molecule is c1ccc2c(c1)OCC1OC21. The molecule has 1 aromatic rings. The summed E-state index contributed by atoms with van der Waals surface area (Å²) >= 11 is 0. The van der Waals surface area contributed by atoms with E-state index in [0.717, 1.165) is 12.4 Å². The van der Waals surface area contributed by atoms with Crippen molar-refractivity contribution >= 4 is 0 Å². The summed E-state index contributed by atoms with van der Waals surface area (Å²) in [7, 11) is 0. The van der Waals surface area contributed by atoms with E-state index in [2.05, 4.69) is 6.07 Å². The van der Waals surface area contributed by atoms with Crippen molar-refractivity contribution < 1.29 is 9.47 Å². The van der Waals surface area contributed by atoms with Gasteiger partial charge in [-0.15, -0.1) is 0 Å². The lowest BCUT2D eigenvalue weighted by Gasteiger charge is -2.12. The van der Waals surface area contributed by atoms with Crippen LogP contribution in [0.4, 0.5) is 0 Å². The van der Waals surface area contributed by atoms with Crippen LogP contribution in [0.3, 0.4) is 0 Å². The highest BCUT2D eigenvalue weighted by atomic mass is 16.6. The minimum Gasteiger partial charge on any atom is -0.490 e. The summed E-state index contributed by atoms with van der Waals surface area (Å²) in [5.41, 5.74) is 1.21. The smallest absolute Gasteiger partial charge is 0.125 e. The molecule has 2 nitrogen and oxygen atoms in total. The number of para-hydroxylation sites is 1. The van der Waals surface area contributed by atoms with Crippen LogP contribution in [0.15, 0.2) is 24.3 Å². The predicted octanol–water partition coefficient (Wildman–Crippen LogP) is 1.52. The van der Waals surface area contributed by atoms with Crippen LogP contribution in [0, 0.1) is 0 Å². The van der Waals surface area contributed by atoms with Crippen LogP contribution < -0.4 is 4.74 Å². The summed E-state index contributed by atoms with van der Waals surface area (Å²) in [6, 6.07) is 8.07. The van der Waals surface area contributed by atoms with Crippen molar-refractivity contribution in [1.29, 1.82) is 0 Å². The second-order valence-corrected chi connectivity index (χ2v) is 2.94. The zero-order valence-corrected chi connectivity index (χ0v) is 5.99. The van der Waals surface area contributed by atoms with Gasteiger partial charge in [-0.05, 0) is 6.07 Å². The van der Waals surface area contributed by atoms with Gasteiger partial charge < -0.3 is 9.47 Å². The number of fused-ring (bicyclic) bond motifs is 3. The number of hydrogen-bond donors (Lipinski definition) is 0. The maximum Gasteiger partial charge on any atom is 0.125 e. The Morgan fingerprint density at radius 3 is 3.18 bits per heavy atom. The van der Waals surface area contributed by atoms with Gasteiger partial charge in [-0.3, -0.25) is 0 Å². The number of hydrogen-bond acceptors (Lipinski definition) is 2. The van der Waals surface area contributed by atoms with Crippen molar-refractivity contribution in [2.24, 2.45) is 0 Å². The summed E-state index contributed by atoms with van der Waals surface area (Å²) in [6.07, 6.45) is 0.671. The van der Waals surface area contributed by atoms with Gasteiger partial charge in [0.05, 0.1) is 0 Å². The standard InChI is InChI=1S/C9H8O2/c1-2-4-7-6(3-1)9-8(11-9)5-10-7/h1-4,8-9H,5H2. The molecule has 2 aliphatic heterocycles. The third-order valence-electron chi connectivity index (χ3n) is 2.21. The highest BCUT2D eigenvalue weighted by Crippen LogP contribution is 2.46. The molecule has 1 fully saturated rings. The maximum atomic E-state index is 5.45. The summed E-state index contributed by atoms with van der Waals surface area (Å²) < 4.78 is 10.8. The average Bonchev–Trinajstić information content (AvgIpc) is 2.83. The third kappa shape index (κ3) is 0.701. The lowest BCUT2D eigenvalue weighted by atomic mass is 10.1. The number of benzene rings is 1. The van der Waals surface area contributed by atoms with Gasteiger partial charge in [-0.25, -0.2) is 0 Å². The van der Waals surface area contributed by atoms with Crippen LogP contribution in [-0.2, 0) is 4.74 Å². The molecule has 0 N–H and O–H groups in total. The molecule has 0 radical (unpaired) electrons. The van der Waals surface area contributed by atoms with Crippen LogP contribution in [0.25, 0.3) is 0 Å². The fourth-order valence-corrected chi connectivity index (χ4v) is 1.56. The van der Waals surface area contributed by atoms with Crippen LogP contribution in [-0.4, -0.2) is 12.7 Å². The minimum atomic E-state index is 0.333.